The predicted octanol–water partition coefficient (Wildman–Crippen LogP) is -0.237. The minimum Gasteiger partial charge on any atom is -0.411 e. The summed E-state index contributed by atoms with van der Waals surface area (Å²) in [6, 6.07) is 0.471. The fourth-order valence-corrected chi connectivity index (χ4v) is 1.89. The molecular formula is C10H17N2O+. The first-order valence-electron chi connectivity index (χ1n) is 4.68. The summed E-state index contributed by atoms with van der Waals surface area (Å²) in [6.45, 7) is 5.97. The van der Waals surface area contributed by atoms with Crippen molar-refractivity contribution in [3.05, 3.63) is 0 Å². The lowest BCUT2D eigenvalue weighted by Gasteiger charge is -2.32. The second kappa shape index (κ2) is 4.29. The Morgan fingerprint density at radius 3 is 2.92 bits per heavy atom. The highest BCUT2D eigenvalue weighted by Crippen LogP contribution is 2.07. The standard InChI is InChI=1S/C10H16N2O/c1-4-5-12-7-8(2)10(11-13)6-9(12)3/h1,8-9,13H,5-7H2,2-3H3/p+1. The van der Waals surface area contributed by atoms with Crippen molar-refractivity contribution in [2.45, 2.75) is 26.3 Å². The first-order chi connectivity index (χ1) is 6.19. The molecule has 3 nitrogen and oxygen atoms in total. The van der Waals surface area contributed by atoms with Crippen LogP contribution in [-0.2, 0) is 0 Å². The molecule has 0 aromatic heterocycles. The predicted molar refractivity (Wildman–Crippen MR) is 52.0 cm³/mol. The molecule has 0 spiro atoms. The Hall–Kier alpha value is -1.01. The molecular weight excluding hydrogens is 164 g/mol. The van der Waals surface area contributed by atoms with Crippen LogP contribution in [0.2, 0.25) is 0 Å². The number of hydrogen-bond acceptors (Lipinski definition) is 2. The van der Waals surface area contributed by atoms with E-state index in [-0.39, 0.29) is 0 Å². The van der Waals surface area contributed by atoms with Gasteiger partial charge in [-0.15, -0.1) is 6.42 Å². The molecule has 3 heteroatoms. The molecule has 0 aromatic rings. The third-order valence-corrected chi connectivity index (χ3v) is 2.81. The molecule has 3 unspecified atom stereocenters. The second-order valence-electron chi connectivity index (χ2n) is 3.84. The molecule has 3 atom stereocenters. The number of hydrogen-bond donors (Lipinski definition) is 2. The van der Waals surface area contributed by atoms with Gasteiger partial charge in [0, 0.05) is 12.3 Å². The van der Waals surface area contributed by atoms with E-state index in [1.165, 1.54) is 4.90 Å². The van der Waals surface area contributed by atoms with Crippen LogP contribution in [0.4, 0.5) is 0 Å². The van der Waals surface area contributed by atoms with Crippen molar-refractivity contribution < 1.29 is 10.1 Å². The highest BCUT2D eigenvalue weighted by Gasteiger charge is 2.30. The molecule has 1 aliphatic rings. The van der Waals surface area contributed by atoms with E-state index in [2.05, 4.69) is 24.9 Å². The second-order valence-corrected chi connectivity index (χ2v) is 3.84. The van der Waals surface area contributed by atoms with E-state index in [1.54, 1.807) is 0 Å². The molecule has 0 aliphatic carbocycles. The van der Waals surface area contributed by atoms with Gasteiger partial charge in [-0.25, -0.2) is 0 Å². The summed E-state index contributed by atoms with van der Waals surface area (Å²) in [5.41, 5.74) is 0.910. The van der Waals surface area contributed by atoms with Crippen LogP contribution in [-0.4, -0.2) is 30.1 Å². The van der Waals surface area contributed by atoms with E-state index in [0.29, 0.717) is 12.0 Å². The van der Waals surface area contributed by atoms with Gasteiger partial charge in [-0.3, -0.25) is 0 Å². The van der Waals surface area contributed by atoms with Crippen LogP contribution in [0.5, 0.6) is 0 Å². The molecule has 13 heavy (non-hydrogen) atoms. The Labute approximate surface area is 79.4 Å². The van der Waals surface area contributed by atoms with Crippen molar-refractivity contribution in [1.82, 2.24) is 0 Å². The molecule has 0 saturated carbocycles. The molecule has 1 rings (SSSR count). The zero-order chi connectivity index (χ0) is 9.84. The van der Waals surface area contributed by atoms with Crippen molar-refractivity contribution >= 4 is 5.71 Å². The maximum atomic E-state index is 8.73. The number of nitrogens with zero attached hydrogens (tertiary/aromatic N) is 1. The van der Waals surface area contributed by atoms with Gasteiger partial charge in [-0.1, -0.05) is 12.1 Å². The number of piperidine rings is 1. The molecule has 72 valence electrons. The maximum Gasteiger partial charge on any atom is 0.139 e. The lowest BCUT2D eigenvalue weighted by molar-refractivity contribution is -0.920. The highest BCUT2D eigenvalue weighted by molar-refractivity contribution is 5.86. The number of likely N-dealkylation sites (tertiary alicyclic amines) is 1. The molecule has 2 N–H and O–H groups in total. The normalized spacial score (nSPS) is 37.3. The molecule has 0 bridgehead atoms. The summed E-state index contributed by atoms with van der Waals surface area (Å²) in [6.07, 6.45) is 6.14. The Morgan fingerprint density at radius 1 is 1.69 bits per heavy atom. The largest absolute Gasteiger partial charge is 0.411 e. The smallest absolute Gasteiger partial charge is 0.139 e. The van der Waals surface area contributed by atoms with Crippen LogP contribution in [0.15, 0.2) is 5.16 Å². The highest BCUT2D eigenvalue weighted by atomic mass is 16.4. The van der Waals surface area contributed by atoms with Crippen LogP contribution in [0.3, 0.4) is 0 Å². The van der Waals surface area contributed by atoms with Crippen molar-refractivity contribution in [3.8, 4) is 12.3 Å². The third kappa shape index (κ3) is 2.22. The quantitative estimate of drug-likeness (QED) is 0.327. The first kappa shape index (κ1) is 10.1. The minimum atomic E-state index is 0.351. The Balaban J connectivity index is 2.62. The van der Waals surface area contributed by atoms with E-state index < -0.39 is 0 Å². The SMILES string of the molecule is C#CC[NH+]1CC(C)C(=NO)CC1C. The summed E-state index contributed by atoms with van der Waals surface area (Å²) >= 11 is 0. The fraction of sp³-hybridized carbons (Fsp3) is 0.700. The topological polar surface area (TPSA) is 37.0 Å². The van der Waals surface area contributed by atoms with E-state index in [0.717, 1.165) is 25.2 Å². The minimum absolute atomic E-state index is 0.351. The average Bonchev–Trinajstić information content (AvgIpc) is 2.11. The number of nitrogens with one attached hydrogen (secondary N) is 1. The summed E-state index contributed by atoms with van der Waals surface area (Å²) in [5.74, 6) is 3.03. The average molecular weight is 181 g/mol. The zero-order valence-electron chi connectivity index (χ0n) is 8.25. The summed E-state index contributed by atoms with van der Waals surface area (Å²) in [7, 11) is 0. The van der Waals surface area contributed by atoms with Crippen LogP contribution >= 0.6 is 0 Å². The Bertz CT molecular complexity index is 242. The van der Waals surface area contributed by atoms with Gasteiger partial charge in [0.1, 0.15) is 6.54 Å². The van der Waals surface area contributed by atoms with Crippen molar-refractivity contribution in [1.29, 1.82) is 0 Å². The monoisotopic (exact) mass is 181 g/mol. The molecule has 1 fully saturated rings. The summed E-state index contributed by atoms with van der Waals surface area (Å²) < 4.78 is 0. The Morgan fingerprint density at radius 2 is 2.38 bits per heavy atom. The summed E-state index contributed by atoms with van der Waals surface area (Å²) in [4.78, 5) is 1.42. The maximum absolute atomic E-state index is 8.73. The van der Waals surface area contributed by atoms with Crippen LogP contribution in [0.1, 0.15) is 20.3 Å². The number of rotatable bonds is 1. The van der Waals surface area contributed by atoms with E-state index in [1.807, 2.05) is 0 Å². The van der Waals surface area contributed by atoms with Gasteiger partial charge >= 0.3 is 0 Å². The lowest BCUT2D eigenvalue weighted by Crippen LogP contribution is -3.17. The van der Waals surface area contributed by atoms with E-state index in [4.69, 9.17) is 11.6 Å². The van der Waals surface area contributed by atoms with Crippen molar-refractivity contribution in [3.63, 3.8) is 0 Å². The lowest BCUT2D eigenvalue weighted by atomic mass is 9.93. The number of terminal acetylenes is 1. The van der Waals surface area contributed by atoms with Crippen molar-refractivity contribution in [2.75, 3.05) is 13.1 Å². The van der Waals surface area contributed by atoms with Gasteiger partial charge in [-0.05, 0) is 12.8 Å². The van der Waals surface area contributed by atoms with Crippen molar-refractivity contribution in [2.24, 2.45) is 11.1 Å². The fourth-order valence-electron chi connectivity index (χ4n) is 1.89. The Kier molecular flexibility index (Phi) is 3.32. The molecule has 1 heterocycles. The summed E-state index contributed by atoms with van der Waals surface area (Å²) in [5, 5.41) is 12.1. The van der Waals surface area contributed by atoms with Crippen LogP contribution in [0, 0.1) is 18.3 Å². The van der Waals surface area contributed by atoms with Gasteiger partial charge in [0.05, 0.1) is 18.3 Å². The van der Waals surface area contributed by atoms with Gasteiger partial charge in [0.2, 0.25) is 0 Å². The number of oxime groups is 1. The van der Waals surface area contributed by atoms with E-state index in [9.17, 15) is 0 Å². The van der Waals surface area contributed by atoms with Gasteiger partial charge in [0.25, 0.3) is 0 Å². The zero-order valence-corrected chi connectivity index (χ0v) is 8.25. The van der Waals surface area contributed by atoms with Crippen LogP contribution in [0.25, 0.3) is 0 Å². The molecule has 1 aliphatic heterocycles. The molecule has 0 radical (unpaired) electrons. The van der Waals surface area contributed by atoms with Gasteiger partial charge in [0.15, 0.2) is 0 Å². The van der Waals surface area contributed by atoms with Gasteiger partial charge < -0.3 is 10.1 Å². The van der Waals surface area contributed by atoms with Crippen LogP contribution < -0.4 is 4.90 Å². The molecule has 0 aromatic carbocycles. The molecule has 0 amide bonds. The van der Waals surface area contributed by atoms with E-state index >= 15 is 0 Å². The number of quaternary nitrogens is 1. The first-order valence-corrected chi connectivity index (χ1v) is 4.68. The molecule has 1 saturated heterocycles. The third-order valence-electron chi connectivity index (χ3n) is 2.81. The van der Waals surface area contributed by atoms with Gasteiger partial charge in [-0.2, -0.15) is 0 Å².